The molecule has 4 amide bonds. The largest absolute Gasteiger partial charge is 0.494 e. The van der Waals surface area contributed by atoms with Crippen molar-refractivity contribution < 1.29 is 33.8 Å². The molecule has 0 unspecified atom stereocenters. The van der Waals surface area contributed by atoms with Gasteiger partial charge in [0.1, 0.15) is 35.8 Å². The van der Waals surface area contributed by atoms with Crippen LogP contribution in [-0.2, 0) is 19.1 Å². The summed E-state index contributed by atoms with van der Waals surface area (Å²) < 4.78 is 11.7. The maximum absolute atomic E-state index is 14.1. The predicted molar refractivity (Wildman–Crippen MR) is 231 cm³/mol. The van der Waals surface area contributed by atoms with Gasteiger partial charge in [-0.2, -0.15) is 5.10 Å². The zero-order valence-corrected chi connectivity index (χ0v) is 36.0. The molecular formula is C45H55ClN8O7. The Morgan fingerprint density at radius 3 is 2.44 bits per heavy atom. The molecular weight excluding hydrogens is 800 g/mol. The van der Waals surface area contributed by atoms with Crippen molar-refractivity contribution in [2.75, 3.05) is 43.6 Å². The maximum Gasteiger partial charge on any atom is 0.274 e. The summed E-state index contributed by atoms with van der Waals surface area (Å²) >= 11 is 6.44. The van der Waals surface area contributed by atoms with Gasteiger partial charge in [-0.1, -0.05) is 50.6 Å². The molecule has 15 nitrogen and oxygen atoms in total. The molecule has 324 valence electrons. The van der Waals surface area contributed by atoms with Crippen LogP contribution in [0.5, 0.6) is 5.75 Å². The molecule has 0 spiro atoms. The first-order valence-electron chi connectivity index (χ1n) is 20.9. The molecule has 2 saturated heterocycles. The van der Waals surface area contributed by atoms with Crippen LogP contribution in [0.3, 0.4) is 0 Å². The Hall–Kier alpha value is -5.51. The van der Waals surface area contributed by atoms with Gasteiger partial charge in [0.25, 0.3) is 5.91 Å². The van der Waals surface area contributed by atoms with Crippen molar-refractivity contribution >= 4 is 46.6 Å². The highest BCUT2D eigenvalue weighted by atomic mass is 35.5. The van der Waals surface area contributed by atoms with Crippen LogP contribution in [0, 0.1) is 5.41 Å². The van der Waals surface area contributed by atoms with E-state index in [1.165, 1.54) is 4.90 Å². The molecule has 2 aromatic heterocycles. The van der Waals surface area contributed by atoms with Gasteiger partial charge >= 0.3 is 0 Å². The van der Waals surface area contributed by atoms with Crippen LogP contribution >= 0.6 is 11.6 Å². The number of carbonyl (C=O) groups excluding carboxylic acids is 4. The van der Waals surface area contributed by atoms with E-state index in [-0.39, 0.29) is 49.2 Å². The molecule has 16 heteroatoms. The number of aliphatic hydroxyl groups excluding tert-OH is 1. The number of H-pyrrole nitrogens is 1. The molecule has 3 fully saturated rings. The first kappa shape index (κ1) is 43.6. The number of aliphatic hydroxyl groups is 1. The summed E-state index contributed by atoms with van der Waals surface area (Å²) in [6.45, 7) is 8.51. The molecule has 4 aromatic rings. The fourth-order valence-corrected chi connectivity index (χ4v) is 8.27. The van der Waals surface area contributed by atoms with Gasteiger partial charge in [-0.05, 0) is 91.5 Å². The monoisotopic (exact) mass is 854 g/mol. The Balaban J connectivity index is 0.901. The number of ether oxygens (including phenoxy) is 2. The molecule has 2 aromatic carbocycles. The second-order valence-corrected chi connectivity index (χ2v) is 17.7. The number of nitrogens with zero attached hydrogens (tertiary/aromatic N) is 4. The molecule has 4 heterocycles. The SMILES string of the molecule is COc1cc(N2CCC(OCC(=O)N[C@H](C(=O)N3C[C@H](O)C[C@H]3C(=O)N[C@@H](C)c3ccc(Cl)c(C4CC4)c3)C(C)(C)C)CC2)ccc1NC(=O)c1cccc(-c2cc[nH]n2)n1. The number of carbonyl (C=O) groups is 4. The molecule has 61 heavy (non-hydrogen) atoms. The van der Waals surface area contributed by atoms with Gasteiger partial charge in [0.2, 0.25) is 17.7 Å². The number of benzene rings is 2. The summed E-state index contributed by atoms with van der Waals surface area (Å²) in [6.07, 6.45) is 4.24. The van der Waals surface area contributed by atoms with Crippen LogP contribution in [0.1, 0.15) is 93.4 Å². The number of piperidine rings is 1. The van der Waals surface area contributed by atoms with E-state index in [0.717, 1.165) is 34.7 Å². The average Bonchev–Trinajstić information content (AvgIpc) is 3.78. The molecule has 7 rings (SSSR count). The number of rotatable bonds is 14. The van der Waals surface area contributed by atoms with Crippen molar-refractivity contribution in [1.82, 2.24) is 30.7 Å². The quantitative estimate of drug-likeness (QED) is 0.106. The smallest absolute Gasteiger partial charge is 0.274 e. The van der Waals surface area contributed by atoms with Crippen LogP contribution in [0.4, 0.5) is 11.4 Å². The fraction of sp³-hybridized carbons (Fsp3) is 0.467. The third-order valence-corrected chi connectivity index (χ3v) is 12.0. The van der Waals surface area contributed by atoms with E-state index < -0.39 is 35.4 Å². The second-order valence-electron chi connectivity index (χ2n) is 17.3. The Labute approximate surface area is 360 Å². The molecule has 2 aliphatic heterocycles. The highest BCUT2D eigenvalue weighted by Crippen LogP contribution is 2.44. The van der Waals surface area contributed by atoms with Crippen molar-refractivity contribution in [3.63, 3.8) is 0 Å². The predicted octanol–water partition coefficient (Wildman–Crippen LogP) is 5.62. The van der Waals surface area contributed by atoms with Crippen LogP contribution in [-0.4, -0.2) is 106 Å². The first-order chi connectivity index (χ1) is 29.2. The number of amides is 4. The lowest BCUT2D eigenvalue weighted by Crippen LogP contribution is -2.58. The van der Waals surface area contributed by atoms with Crippen molar-refractivity contribution in [3.05, 3.63) is 88.7 Å². The van der Waals surface area contributed by atoms with Gasteiger partial charge in [0.05, 0.1) is 36.7 Å². The Morgan fingerprint density at radius 2 is 1.75 bits per heavy atom. The first-order valence-corrected chi connectivity index (χ1v) is 21.3. The lowest BCUT2D eigenvalue weighted by atomic mass is 9.85. The summed E-state index contributed by atoms with van der Waals surface area (Å²) in [5, 5.41) is 27.1. The standard InChI is InChI=1S/C45H55ClN8O7/c1-26(28-11-13-33(46)32(21-28)27-9-10-27)48-43(58)38-23-30(55)24-54(38)44(59)41(45(2,3)4)51-40(56)25-61-31-16-19-53(20-17-31)29-12-14-36(39(22-29)60-5)50-42(57)37-8-6-7-34(49-37)35-15-18-47-52-35/h6-8,11-15,18,21-22,26-27,30-31,38,41,55H,9-10,16-17,19-20,23-25H2,1-5H3,(H,47,52)(H,48,58)(H,50,57)(H,51,56)/t26-,30+,38-,41+/m0/s1. The van der Waals surface area contributed by atoms with Crippen molar-refractivity contribution in [2.24, 2.45) is 5.41 Å². The molecule has 3 aliphatic rings. The van der Waals surface area contributed by atoms with Gasteiger partial charge in [0, 0.05) is 49.0 Å². The Morgan fingerprint density at radius 1 is 0.984 bits per heavy atom. The molecule has 5 N–H and O–H groups in total. The normalized spacial score (nSPS) is 19.3. The van der Waals surface area contributed by atoms with Gasteiger partial charge in [-0.15, -0.1) is 0 Å². The number of methoxy groups -OCH3 is 1. The number of aromatic amines is 1. The number of likely N-dealkylation sites (tertiary alicyclic amines) is 1. The van der Waals surface area contributed by atoms with E-state index in [2.05, 4.69) is 36.0 Å². The number of halogens is 1. The summed E-state index contributed by atoms with van der Waals surface area (Å²) in [4.78, 5) is 62.4. The third kappa shape index (κ3) is 10.5. The minimum absolute atomic E-state index is 0.0159. The van der Waals surface area contributed by atoms with Crippen molar-refractivity contribution in [1.29, 1.82) is 0 Å². The fourth-order valence-electron chi connectivity index (χ4n) is 8.00. The van der Waals surface area contributed by atoms with Crippen molar-refractivity contribution in [3.8, 4) is 17.1 Å². The number of hydrogen-bond acceptors (Lipinski definition) is 10. The number of hydrogen-bond donors (Lipinski definition) is 5. The average molecular weight is 855 g/mol. The van der Waals surface area contributed by atoms with E-state index in [1.807, 2.05) is 58.0 Å². The molecule has 4 atom stereocenters. The number of pyridine rings is 1. The minimum Gasteiger partial charge on any atom is -0.494 e. The highest BCUT2D eigenvalue weighted by Gasteiger charge is 2.45. The lowest BCUT2D eigenvalue weighted by molar-refractivity contribution is -0.145. The van der Waals surface area contributed by atoms with E-state index in [1.54, 1.807) is 43.6 Å². The maximum atomic E-state index is 14.1. The lowest BCUT2D eigenvalue weighted by Gasteiger charge is -2.36. The molecule has 0 radical (unpaired) electrons. The number of β-amino-alcohol motifs (C(OH)–C–C–N with tert-alkyl or cyclic N) is 1. The van der Waals surface area contributed by atoms with Gasteiger partial charge in [-0.3, -0.25) is 24.3 Å². The zero-order chi connectivity index (χ0) is 43.4. The van der Waals surface area contributed by atoms with Crippen molar-refractivity contribution in [2.45, 2.75) is 96.1 Å². The van der Waals surface area contributed by atoms with Gasteiger partial charge in [-0.25, -0.2) is 4.98 Å². The van der Waals surface area contributed by atoms with Crippen LogP contribution in [0.25, 0.3) is 11.4 Å². The second kappa shape index (κ2) is 18.6. The summed E-state index contributed by atoms with van der Waals surface area (Å²) in [5.41, 5.74) is 4.17. The van der Waals surface area contributed by atoms with E-state index in [9.17, 15) is 24.3 Å². The summed E-state index contributed by atoms with van der Waals surface area (Å²) in [6, 6.07) is 16.1. The minimum atomic E-state index is -0.966. The van der Waals surface area contributed by atoms with Crippen LogP contribution in [0.2, 0.25) is 5.02 Å². The number of aromatic nitrogens is 3. The number of nitrogens with one attached hydrogen (secondary N) is 4. The van der Waals surface area contributed by atoms with E-state index in [4.69, 9.17) is 21.1 Å². The van der Waals surface area contributed by atoms with Crippen LogP contribution < -0.4 is 25.6 Å². The Bertz CT molecular complexity index is 2220. The Kier molecular flexibility index (Phi) is 13.3. The summed E-state index contributed by atoms with van der Waals surface area (Å²) in [5.74, 6) is -0.673. The summed E-state index contributed by atoms with van der Waals surface area (Å²) in [7, 11) is 1.55. The van der Waals surface area contributed by atoms with E-state index in [0.29, 0.717) is 54.7 Å². The topological polar surface area (TPSA) is 191 Å². The highest BCUT2D eigenvalue weighted by molar-refractivity contribution is 6.31. The zero-order valence-electron chi connectivity index (χ0n) is 35.2. The molecule has 0 bridgehead atoms. The molecule has 1 saturated carbocycles. The number of anilines is 2. The van der Waals surface area contributed by atoms with Gasteiger partial charge < -0.3 is 40.3 Å². The third-order valence-electron chi connectivity index (χ3n) is 11.6. The molecule has 1 aliphatic carbocycles. The van der Waals surface area contributed by atoms with Crippen LogP contribution in [0.15, 0.2) is 66.9 Å². The van der Waals surface area contributed by atoms with Gasteiger partial charge in [0.15, 0.2) is 0 Å². The van der Waals surface area contributed by atoms with E-state index >= 15 is 0 Å².